The minimum Gasteiger partial charge on any atom is -0.466 e. The van der Waals surface area contributed by atoms with E-state index in [4.69, 9.17) is 4.74 Å². The van der Waals surface area contributed by atoms with E-state index in [0.29, 0.717) is 39.0 Å². The maximum absolute atomic E-state index is 12.5. The van der Waals surface area contributed by atoms with E-state index in [1.165, 1.54) is 4.90 Å². The van der Waals surface area contributed by atoms with Crippen molar-refractivity contribution < 1.29 is 19.4 Å². The second kappa shape index (κ2) is 7.99. The quantitative estimate of drug-likeness (QED) is 0.776. The zero-order valence-electron chi connectivity index (χ0n) is 14.2. The van der Waals surface area contributed by atoms with Crippen LogP contribution in [0.15, 0.2) is 18.5 Å². The van der Waals surface area contributed by atoms with Crippen molar-refractivity contribution in [3.63, 3.8) is 0 Å². The SMILES string of the molecule is CCOC(=O)C1(CCNc2cnccc2C)CCCN(C(=O)O)C1. The number of nitrogens with zero attached hydrogens (tertiary/aromatic N) is 2. The first-order valence-corrected chi connectivity index (χ1v) is 8.28. The van der Waals surface area contributed by atoms with Gasteiger partial charge in [0.1, 0.15) is 0 Å². The number of pyridine rings is 1. The molecule has 1 aliphatic rings. The summed E-state index contributed by atoms with van der Waals surface area (Å²) in [6, 6.07) is 1.91. The fraction of sp³-hybridized carbons (Fsp3) is 0.588. The number of aromatic nitrogens is 1. The van der Waals surface area contributed by atoms with Crippen LogP contribution in [-0.4, -0.2) is 53.3 Å². The smallest absolute Gasteiger partial charge is 0.407 e. The predicted octanol–water partition coefficient (Wildman–Crippen LogP) is 2.52. The maximum Gasteiger partial charge on any atom is 0.407 e. The number of hydrogen-bond acceptors (Lipinski definition) is 5. The summed E-state index contributed by atoms with van der Waals surface area (Å²) in [7, 11) is 0. The normalized spacial score (nSPS) is 20.5. The van der Waals surface area contributed by atoms with Gasteiger partial charge in [0.2, 0.25) is 0 Å². The van der Waals surface area contributed by atoms with Crippen LogP contribution in [0.1, 0.15) is 31.7 Å². The Bertz CT molecular complexity index is 593. The molecule has 1 amide bonds. The predicted molar refractivity (Wildman–Crippen MR) is 90.0 cm³/mol. The lowest BCUT2D eigenvalue weighted by Crippen LogP contribution is -2.50. The molecule has 1 atom stereocenters. The van der Waals surface area contributed by atoms with Crippen LogP contribution in [0.25, 0.3) is 0 Å². The summed E-state index contributed by atoms with van der Waals surface area (Å²) in [5, 5.41) is 12.6. The van der Waals surface area contributed by atoms with E-state index in [2.05, 4.69) is 10.3 Å². The molecule has 2 rings (SSSR count). The summed E-state index contributed by atoms with van der Waals surface area (Å²) in [6.45, 7) is 5.25. The number of likely N-dealkylation sites (tertiary alicyclic amines) is 1. The molecule has 0 spiro atoms. The van der Waals surface area contributed by atoms with Crippen molar-refractivity contribution in [2.45, 2.75) is 33.1 Å². The number of nitrogens with one attached hydrogen (secondary N) is 1. The van der Waals surface area contributed by atoms with Crippen LogP contribution in [0.4, 0.5) is 10.5 Å². The number of anilines is 1. The third-order valence-electron chi connectivity index (χ3n) is 4.51. The number of carbonyl (C=O) groups is 2. The van der Waals surface area contributed by atoms with Crippen LogP contribution in [-0.2, 0) is 9.53 Å². The lowest BCUT2D eigenvalue weighted by Gasteiger charge is -2.39. The molecule has 0 bridgehead atoms. The molecule has 0 aliphatic carbocycles. The molecular formula is C17H25N3O4. The van der Waals surface area contributed by atoms with E-state index in [1.54, 1.807) is 19.3 Å². The van der Waals surface area contributed by atoms with Crippen molar-refractivity contribution in [3.05, 3.63) is 24.0 Å². The average Bonchev–Trinajstić information content (AvgIpc) is 2.57. The van der Waals surface area contributed by atoms with Crippen molar-refractivity contribution in [3.8, 4) is 0 Å². The van der Waals surface area contributed by atoms with Crippen molar-refractivity contribution >= 4 is 17.7 Å². The van der Waals surface area contributed by atoms with E-state index < -0.39 is 11.5 Å². The minimum atomic E-state index is -0.987. The molecule has 2 heterocycles. The highest BCUT2D eigenvalue weighted by Crippen LogP contribution is 2.35. The number of hydrogen-bond donors (Lipinski definition) is 2. The Hall–Kier alpha value is -2.31. The number of amides is 1. The first-order chi connectivity index (χ1) is 11.5. The molecule has 1 aromatic heterocycles. The zero-order chi connectivity index (χ0) is 17.6. The van der Waals surface area contributed by atoms with E-state index in [0.717, 1.165) is 11.3 Å². The van der Waals surface area contributed by atoms with Crippen LogP contribution in [0.3, 0.4) is 0 Å². The molecule has 1 fully saturated rings. The monoisotopic (exact) mass is 335 g/mol. The molecule has 1 aromatic rings. The van der Waals surface area contributed by atoms with Crippen LogP contribution in [0, 0.1) is 12.3 Å². The molecule has 7 heteroatoms. The molecule has 0 aromatic carbocycles. The fourth-order valence-corrected chi connectivity index (χ4v) is 3.14. The van der Waals surface area contributed by atoms with Gasteiger partial charge in [0.05, 0.1) is 23.9 Å². The van der Waals surface area contributed by atoms with Gasteiger partial charge in [-0.3, -0.25) is 9.78 Å². The summed E-state index contributed by atoms with van der Waals surface area (Å²) >= 11 is 0. The maximum atomic E-state index is 12.5. The summed E-state index contributed by atoms with van der Waals surface area (Å²) < 4.78 is 5.24. The Morgan fingerprint density at radius 3 is 2.96 bits per heavy atom. The molecule has 24 heavy (non-hydrogen) atoms. The third kappa shape index (κ3) is 4.15. The number of esters is 1. The largest absolute Gasteiger partial charge is 0.466 e. The van der Waals surface area contributed by atoms with Crippen LogP contribution < -0.4 is 5.32 Å². The van der Waals surface area contributed by atoms with Gasteiger partial charge in [-0.05, 0) is 44.7 Å². The van der Waals surface area contributed by atoms with Crippen molar-refractivity contribution in [1.82, 2.24) is 9.88 Å². The Kier molecular flexibility index (Phi) is 6.00. The van der Waals surface area contributed by atoms with Gasteiger partial charge in [0.15, 0.2) is 0 Å². The van der Waals surface area contributed by atoms with Gasteiger partial charge in [-0.1, -0.05) is 0 Å². The Balaban J connectivity index is 2.07. The summed E-state index contributed by atoms with van der Waals surface area (Å²) in [6.07, 6.45) is 4.31. The lowest BCUT2D eigenvalue weighted by atomic mass is 9.77. The number of carboxylic acid groups (broad SMARTS) is 1. The molecule has 1 saturated heterocycles. The minimum absolute atomic E-state index is 0.189. The van der Waals surface area contributed by atoms with Gasteiger partial charge in [0.25, 0.3) is 0 Å². The van der Waals surface area contributed by atoms with Gasteiger partial charge in [-0.15, -0.1) is 0 Å². The fourth-order valence-electron chi connectivity index (χ4n) is 3.14. The van der Waals surface area contributed by atoms with Crippen molar-refractivity contribution in [2.75, 3.05) is 31.6 Å². The highest BCUT2D eigenvalue weighted by molar-refractivity contribution is 5.78. The van der Waals surface area contributed by atoms with Gasteiger partial charge in [0, 0.05) is 25.8 Å². The zero-order valence-corrected chi connectivity index (χ0v) is 14.2. The van der Waals surface area contributed by atoms with Crippen LogP contribution in [0.5, 0.6) is 0 Å². The third-order valence-corrected chi connectivity index (χ3v) is 4.51. The molecule has 0 saturated carbocycles. The average molecular weight is 335 g/mol. The van der Waals surface area contributed by atoms with Crippen LogP contribution in [0.2, 0.25) is 0 Å². The first-order valence-electron chi connectivity index (χ1n) is 8.28. The molecule has 1 aliphatic heterocycles. The van der Waals surface area contributed by atoms with Gasteiger partial charge in [-0.25, -0.2) is 4.79 Å². The van der Waals surface area contributed by atoms with Gasteiger partial charge < -0.3 is 20.1 Å². The number of rotatable bonds is 6. The second-order valence-electron chi connectivity index (χ2n) is 6.18. The standard InChI is InChI=1S/C17H25N3O4/c1-3-24-15(21)17(6-4-10-20(12-17)16(22)23)7-9-19-14-11-18-8-5-13(14)2/h5,8,11,19H,3-4,6-7,9-10,12H2,1-2H3,(H,22,23). The molecule has 132 valence electrons. The molecule has 0 radical (unpaired) electrons. The highest BCUT2D eigenvalue weighted by atomic mass is 16.5. The Morgan fingerprint density at radius 2 is 2.29 bits per heavy atom. The summed E-state index contributed by atoms with van der Waals surface area (Å²) in [4.78, 5) is 29.2. The summed E-state index contributed by atoms with van der Waals surface area (Å²) in [5.74, 6) is -0.305. The van der Waals surface area contributed by atoms with Crippen molar-refractivity contribution in [1.29, 1.82) is 0 Å². The van der Waals surface area contributed by atoms with Gasteiger partial charge >= 0.3 is 12.1 Å². The number of aryl methyl sites for hydroxylation is 1. The molecular weight excluding hydrogens is 310 g/mol. The second-order valence-corrected chi connectivity index (χ2v) is 6.18. The van der Waals surface area contributed by atoms with Crippen LogP contribution >= 0.6 is 0 Å². The lowest BCUT2D eigenvalue weighted by molar-refractivity contribution is -0.158. The number of ether oxygens (including phenoxy) is 1. The van der Waals surface area contributed by atoms with E-state index in [-0.39, 0.29) is 12.5 Å². The van der Waals surface area contributed by atoms with E-state index in [9.17, 15) is 14.7 Å². The van der Waals surface area contributed by atoms with Gasteiger partial charge in [-0.2, -0.15) is 0 Å². The van der Waals surface area contributed by atoms with E-state index in [1.807, 2.05) is 13.0 Å². The number of piperidine rings is 1. The summed E-state index contributed by atoms with van der Waals surface area (Å²) in [5.41, 5.74) is 1.21. The Morgan fingerprint density at radius 1 is 1.50 bits per heavy atom. The number of carbonyl (C=O) groups excluding carboxylic acids is 1. The molecule has 2 N–H and O–H groups in total. The Labute approximate surface area is 142 Å². The van der Waals surface area contributed by atoms with E-state index >= 15 is 0 Å². The topological polar surface area (TPSA) is 91.8 Å². The highest BCUT2D eigenvalue weighted by Gasteiger charge is 2.44. The van der Waals surface area contributed by atoms with Crippen molar-refractivity contribution in [2.24, 2.45) is 5.41 Å². The first kappa shape index (κ1) is 18.0. The molecule has 7 nitrogen and oxygen atoms in total. The molecule has 1 unspecified atom stereocenters.